The molecule has 0 amide bonds. The lowest BCUT2D eigenvalue weighted by molar-refractivity contribution is 0.242. The molecule has 0 atom stereocenters. The first-order chi connectivity index (χ1) is 14.9. The third kappa shape index (κ3) is 5.12. The quantitative estimate of drug-likeness (QED) is 0.403. The largest absolute Gasteiger partial charge is 0.491 e. The lowest BCUT2D eigenvalue weighted by Crippen LogP contribution is -2.14. The molecule has 0 radical (unpaired) electrons. The highest BCUT2D eigenvalue weighted by molar-refractivity contribution is 7.92. The maximum Gasteiger partial charge on any atom is 0.261 e. The molecule has 0 unspecified atom stereocenters. The van der Waals surface area contributed by atoms with E-state index in [-0.39, 0.29) is 11.0 Å². The number of aromatic nitrogens is 2. The van der Waals surface area contributed by atoms with Crippen LogP contribution in [-0.4, -0.2) is 24.7 Å². The molecule has 4 rings (SSSR count). The summed E-state index contributed by atoms with van der Waals surface area (Å²) < 4.78 is 39.4. The van der Waals surface area contributed by atoms with Crippen molar-refractivity contribution in [2.24, 2.45) is 0 Å². The normalized spacial score (nSPS) is 11.6. The molecule has 160 valence electrons. The van der Waals surface area contributed by atoms with Crippen molar-refractivity contribution < 1.29 is 17.7 Å². The molecule has 1 N–H and O–H groups in total. The molecule has 0 fully saturated rings. The van der Waals surface area contributed by atoms with E-state index in [0.717, 1.165) is 10.4 Å². The van der Waals surface area contributed by atoms with E-state index in [9.17, 15) is 8.42 Å². The van der Waals surface area contributed by atoms with Gasteiger partial charge in [-0.3, -0.25) is 4.72 Å². The van der Waals surface area contributed by atoms with E-state index in [1.807, 2.05) is 43.5 Å². The lowest BCUT2D eigenvalue weighted by Gasteiger charge is -2.13. The highest BCUT2D eigenvalue weighted by atomic mass is 32.2. The van der Waals surface area contributed by atoms with E-state index in [2.05, 4.69) is 14.9 Å². The smallest absolute Gasteiger partial charge is 0.261 e. The molecule has 0 aliphatic carbocycles. The Hall–Kier alpha value is -3.17. The average molecular weight is 456 g/mol. The van der Waals surface area contributed by atoms with Crippen LogP contribution in [0.1, 0.15) is 25.3 Å². The van der Waals surface area contributed by atoms with Crippen molar-refractivity contribution in [2.45, 2.75) is 31.3 Å². The Labute approximate surface area is 184 Å². The van der Waals surface area contributed by atoms with Crippen molar-refractivity contribution in [3.05, 3.63) is 77.5 Å². The molecule has 2 aromatic heterocycles. The minimum absolute atomic E-state index is 0.0116. The summed E-state index contributed by atoms with van der Waals surface area (Å²) in [6.07, 6.45) is 0.315. The number of benzene rings is 2. The molecule has 9 heteroatoms. The number of nitrogens with one attached hydrogen (secondary N) is 1. The van der Waals surface area contributed by atoms with E-state index >= 15 is 0 Å². The Morgan fingerprint density at radius 1 is 1.06 bits per heavy atom. The van der Waals surface area contributed by atoms with Crippen LogP contribution in [0.25, 0.3) is 10.7 Å². The van der Waals surface area contributed by atoms with Gasteiger partial charge >= 0.3 is 0 Å². The highest BCUT2D eigenvalue weighted by Crippen LogP contribution is 2.26. The number of ether oxygens (including phenoxy) is 1. The van der Waals surface area contributed by atoms with Gasteiger partial charge in [0.1, 0.15) is 5.75 Å². The van der Waals surface area contributed by atoms with Crippen molar-refractivity contribution >= 4 is 27.0 Å². The van der Waals surface area contributed by atoms with Crippen LogP contribution < -0.4 is 9.46 Å². The van der Waals surface area contributed by atoms with Crippen LogP contribution >= 0.6 is 11.3 Å². The summed E-state index contributed by atoms with van der Waals surface area (Å²) in [5.41, 5.74) is 1.19. The minimum Gasteiger partial charge on any atom is -0.491 e. The van der Waals surface area contributed by atoms with Gasteiger partial charge in [0.25, 0.3) is 10.0 Å². The molecule has 0 aliphatic rings. The first-order valence-electron chi connectivity index (χ1n) is 9.64. The molecule has 0 saturated carbocycles. The summed E-state index contributed by atoms with van der Waals surface area (Å²) in [4.78, 5) is 5.48. The molecule has 0 aliphatic heterocycles. The summed E-state index contributed by atoms with van der Waals surface area (Å²) in [5.74, 6) is 1.55. The zero-order valence-electron chi connectivity index (χ0n) is 17.0. The molecule has 7 nitrogen and oxygen atoms in total. The van der Waals surface area contributed by atoms with Crippen molar-refractivity contribution in [1.29, 1.82) is 0 Å². The van der Waals surface area contributed by atoms with Gasteiger partial charge in [-0.15, -0.1) is 11.3 Å². The van der Waals surface area contributed by atoms with Crippen LogP contribution in [0.15, 0.2) is 75.5 Å². The Morgan fingerprint density at radius 2 is 1.84 bits per heavy atom. The number of hydrogen-bond acceptors (Lipinski definition) is 7. The van der Waals surface area contributed by atoms with Crippen LogP contribution in [0, 0.1) is 0 Å². The molecule has 0 bridgehead atoms. The first kappa shape index (κ1) is 21.1. The summed E-state index contributed by atoms with van der Waals surface area (Å²) in [5, 5.41) is 5.95. The third-order valence-corrected chi connectivity index (χ3v) is 6.57. The average Bonchev–Trinajstić information content (AvgIpc) is 3.41. The number of rotatable bonds is 8. The lowest BCUT2D eigenvalue weighted by atomic mass is 10.1. The number of hydrogen-bond donors (Lipinski definition) is 1. The van der Waals surface area contributed by atoms with E-state index in [1.165, 1.54) is 23.5 Å². The Morgan fingerprint density at radius 3 is 2.55 bits per heavy atom. The van der Waals surface area contributed by atoms with Crippen LogP contribution in [0.3, 0.4) is 0 Å². The third-order valence-electron chi connectivity index (χ3n) is 4.32. The summed E-state index contributed by atoms with van der Waals surface area (Å²) in [6.45, 7) is 3.83. The van der Waals surface area contributed by atoms with E-state index in [0.29, 0.717) is 29.6 Å². The monoisotopic (exact) mass is 455 g/mol. The fourth-order valence-electron chi connectivity index (χ4n) is 2.94. The second-order valence-corrected chi connectivity index (χ2v) is 9.70. The van der Waals surface area contributed by atoms with Gasteiger partial charge in [-0.05, 0) is 61.2 Å². The van der Waals surface area contributed by atoms with Crippen molar-refractivity contribution in [1.82, 2.24) is 10.1 Å². The maximum absolute atomic E-state index is 12.9. The van der Waals surface area contributed by atoms with Gasteiger partial charge < -0.3 is 9.26 Å². The van der Waals surface area contributed by atoms with Crippen molar-refractivity contribution in [2.75, 3.05) is 4.72 Å². The molecular formula is C22H21N3O4S2. The molecule has 0 spiro atoms. The number of sulfonamides is 1. The fraction of sp³-hybridized carbons (Fsp3) is 0.182. The number of nitrogens with zero attached hydrogens (tertiary/aromatic N) is 2. The van der Waals surface area contributed by atoms with E-state index < -0.39 is 10.0 Å². The topological polar surface area (TPSA) is 94.3 Å². The second-order valence-electron chi connectivity index (χ2n) is 7.07. The zero-order valence-corrected chi connectivity index (χ0v) is 18.6. The first-order valence-corrected chi connectivity index (χ1v) is 12.0. The zero-order chi connectivity index (χ0) is 21.8. The van der Waals surface area contributed by atoms with Crippen molar-refractivity contribution in [3.8, 4) is 16.5 Å². The van der Waals surface area contributed by atoms with Crippen molar-refractivity contribution in [3.63, 3.8) is 0 Å². The van der Waals surface area contributed by atoms with Crippen LogP contribution in [0.4, 0.5) is 5.69 Å². The number of para-hydroxylation sites is 1. The predicted molar refractivity (Wildman–Crippen MR) is 120 cm³/mol. The molecular weight excluding hydrogens is 434 g/mol. The summed E-state index contributed by atoms with van der Waals surface area (Å²) >= 11 is 1.52. The molecule has 0 saturated heterocycles. The Balaban J connectivity index is 1.53. The van der Waals surface area contributed by atoms with Gasteiger partial charge in [0, 0.05) is 0 Å². The SMILES string of the molecule is CC(C)Oc1ccc(S(=O)(=O)Nc2ccccc2Cc2nc(-c3cccs3)no2)cc1. The maximum atomic E-state index is 12.9. The van der Waals surface area contributed by atoms with Gasteiger partial charge in [-0.2, -0.15) is 4.98 Å². The second kappa shape index (κ2) is 8.91. The van der Waals surface area contributed by atoms with Gasteiger partial charge in [-0.25, -0.2) is 8.42 Å². The summed E-state index contributed by atoms with van der Waals surface area (Å²) in [6, 6.07) is 17.3. The van der Waals surface area contributed by atoms with Gasteiger partial charge in [0.2, 0.25) is 11.7 Å². The van der Waals surface area contributed by atoms with E-state index in [4.69, 9.17) is 9.26 Å². The van der Waals surface area contributed by atoms with E-state index in [1.54, 1.807) is 24.3 Å². The van der Waals surface area contributed by atoms with Gasteiger partial charge in [0.05, 0.1) is 28.0 Å². The van der Waals surface area contributed by atoms with Crippen LogP contribution in [-0.2, 0) is 16.4 Å². The molecule has 31 heavy (non-hydrogen) atoms. The molecule has 4 aromatic rings. The summed E-state index contributed by atoms with van der Waals surface area (Å²) in [7, 11) is -3.77. The minimum atomic E-state index is -3.77. The predicted octanol–water partition coefficient (Wildman–Crippen LogP) is 4.98. The van der Waals surface area contributed by atoms with Crippen LogP contribution in [0.2, 0.25) is 0 Å². The van der Waals surface area contributed by atoms with Gasteiger partial charge in [-0.1, -0.05) is 29.4 Å². The molecule has 2 aromatic carbocycles. The molecule has 2 heterocycles. The number of anilines is 1. The van der Waals surface area contributed by atoms with Crippen LogP contribution in [0.5, 0.6) is 5.75 Å². The Bertz CT molecular complexity index is 1250. The number of thiophene rings is 1. The highest BCUT2D eigenvalue weighted by Gasteiger charge is 2.18. The Kier molecular flexibility index (Phi) is 6.06. The standard InChI is InChI=1S/C22H21N3O4S2/c1-15(2)28-17-9-11-18(12-10-17)31(26,27)25-19-7-4-3-6-16(19)14-21-23-22(24-29-21)20-8-5-13-30-20/h3-13,15,25H,14H2,1-2H3. The van der Waals surface area contributed by atoms with Gasteiger partial charge in [0.15, 0.2) is 0 Å². The fourth-order valence-corrected chi connectivity index (χ4v) is 4.69.